The van der Waals surface area contributed by atoms with Crippen molar-refractivity contribution in [3.63, 3.8) is 0 Å². The fourth-order valence-corrected chi connectivity index (χ4v) is 4.43. The van der Waals surface area contributed by atoms with E-state index in [9.17, 15) is 8.42 Å². The second-order valence-corrected chi connectivity index (χ2v) is 7.58. The maximum absolute atomic E-state index is 11.4. The lowest BCUT2D eigenvalue weighted by Crippen LogP contribution is -2.20. The maximum atomic E-state index is 11.4. The van der Waals surface area contributed by atoms with Crippen LogP contribution in [0.15, 0.2) is 24.4 Å². The normalized spacial score (nSPS) is 21.4. The third-order valence-corrected chi connectivity index (χ3v) is 5.51. The van der Waals surface area contributed by atoms with Crippen molar-refractivity contribution in [3.8, 4) is 10.7 Å². The van der Waals surface area contributed by atoms with Crippen molar-refractivity contribution in [1.29, 1.82) is 0 Å². The van der Waals surface area contributed by atoms with Crippen LogP contribution in [0, 0.1) is 0 Å². The highest BCUT2D eigenvalue weighted by Crippen LogP contribution is 2.26. The molecule has 0 saturated carbocycles. The monoisotopic (exact) mass is 296 g/mol. The third-order valence-electron chi connectivity index (χ3n) is 2.87. The van der Waals surface area contributed by atoms with Crippen LogP contribution in [-0.2, 0) is 9.84 Å². The molecule has 0 amide bonds. The van der Waals surface area contributed by atoms with Crippen LogP contribution in [0.5, 0.6) is 0 Å². The van der Waals surface area contributed by atoms with Gasteiger partial charge in [0.1, 0.15) is 5.69 Å². The maximum Gasteiger partial charge on any atom is 0.206 e. The van der Waals surface area contributed by atoms with E-state index in [0.717, 1.165) is 10.7 Å². The minimum Gasteiger partial charge on any atom is -0.356 e. The van der Waals surface area contributed by atoms with Gasteiger partial charge >= 0.3 is 0 Å². The minimum absolute atomic E-state index is 0.0606. The Hall–Kier alpha value is -1.54. The lowest BCUT2D eigenvalue weighted by atomic mass is 10.3. The van der Waals surface area contributed by atoms with Gasteiger partial charge in [-0.25, -0.2) is 8.42 Å². The number of nitrogens with one attached hydrogen (secondary N) is 1. The molecular formula is C11H12N4O2S2. The zero-order chi connectivity index (χ0) is 13.3. The highest BCUT2D eigenvalue weighted by molar-refractivity contribution is 7.91. The molecule has 1 fully saturated rings. The number of rotatable bonds is 3. The molecule has 1 saturated heterocycles. The first-order valence-electron chi connectivity index (χ1n) is 5.84. The fraction of sp³-hybridized carbons (Fsp3) is 0.364. The van der Waals surface area contributed by atoms with Gasteiger partial charge in [-0.3, -0.25) is 4.98 Å². The number of aromatic nitrogens is 3. The number of anilines is 1. The topological polar surface area (TPSA) is 84.8 Å². The average molecular weight is 296 g/mol. The van der Waals surface area contributed by atoms with Gasteiger partial charge < -0.3 is 5.32 Å². The van der Waals surface area contributed by atoms with Gasteiger partial charge in [0.2, 0.25) is 5.13 Å². The molecule has 2 aromatic rings. The van der Waals surface area contributed by atoms with E-state index in [-0.39, 0.29) is 17.5 Å². The predicted molar refractivity (Wildman–Crippen MR) is 73.8 cm³/mol. The zero-order valence-corrected chi connectivity index (χ0v) is 11.6. The van der Waals surface area contributed by atoms with Gasteiger partial charge in [-0.2, -0.15) is 0 Å². The molecule has 0 spiro atoms. The molecule has 1 unspecified atom stereocenters. The Morgan fingerprint density at radius 2 is 2.21 bits per heavy atom. The van der Waals surface area contributed by atoms with Crippen LogP contribution < -0.4 is 5.32 Å². The van der Waals surface area contributed by atoms with Gasteiger partial charge in [0, 0.05) is 12.2 Å². The highest BCUT2D eigenvalue weighted by atomic mass is 32.2. The molecule has 100 valence electrons. The first-order chi connectivity index (χ1) is 9.12. The summed E-state index contributed by atoms with van der Waals surface area (Å²) in [5.41, 5.74) is 0.770. The second-order valence-electron chi connectivity index (χ2n) is 4.37. The third kappa shape index (κ3) is 2.90. The van der Waals surface area contributed by atoms with E-state index in [4.69, 9.17) is 0 Å². The summed E-state index contributed by atoms with van der Waals surface area (Å²) >= 11 is 1.38. The summed E-state index contributed by atoms with van der Waals surface area (Å²) in [5.74, 6) is 0.419. The summed E-state index contributed by atoms with van der Waals surface area (Å²) < 4.78 is 22.8. The zero-order valence-electron chi connectivity index (χ0n) is 9.98. The van der Waals surface area contributed by atoms with Gasteiger partial charge in [0.15, 0.2) is 14.8 Å². The molecule has 3 rings (SSSR count). The summed E-state index contributed by atoms with van der Waals surface area (Å²) in [4.78, 5) is 4.20. The average Bonchev–Trinajstić information content (AvgIpc) is 2.98. The molecule has 1 N–H and O–H groups in total. The van der Waals surface area contributed by atoms with Crippen molar-refractivity contribution in [2.75, 3.05) is 16.8 Å². The summed E-state index contributed by atoms with van der Waals surface area (Å²) in [6, 6.07) is 5.53. The molecule has 0 aliphatic carbocycles. The Kier molecular flexibility index (Phi) is 3.19. The molecule has 19 heavy (non-hydrogen) atoms. The predicted octanol–water partition coefficient (Wildman–Crippen LogP) is 1.20. The number of hydrogen-bond donors (Lipinski definition) is 1. The molecular weight excluding hydrogens is 284 g/mol. The van der Waals surface area contributed by atoms with E-state index >= 15 is 0 Å². The fourth-order valence-electron chi connectivity index (χ4n) is 1.96. The number of hydrogen-bond acceptors (Lipinski definition) is 7. The second kappa shape index (κ2) is 4.86. The summed E-state index contributed by atoms with van der Waals surface area (Å²) in [6.07, 6.45) is 2.33. The quantitative estimate of drug-likeness (QED) is 0.916. The molecule has 1 atom stereocenters. The van der Waals surface area contributed by atoms with Crippen molar-refractivity contribution in [1.82, 2.24) is 15.2 Å². The molecule has 6 nitrogen and oxygen atoms in total. The Bertz CT molecular complexity index is 669. The molecule has 8 heteroatoms. The van der Waals surface area contributed by atoms with Crippen molar-refractivity contribution in [2.45, 2.75) is 12.5 Å². The summed E-state index contributed by atoms with van der Waals surface area (Å²) in [7, 11) is -2.88. The Morgan fingerprint density at radius 1 is 1.32 bits per heavy atom. The Balaban J connectivity index is 1.73. The van der Waals surface area contributed by atoms with Gasteiger partial charge in [-0.15, -0.1) is 10.2 Å². The molecule has 0 aromatic carbocycles. The van der Waals surface area contributed by atoms with Crippen molar-refractivity contribution < 1.29 is 8.42 Å². The smallest absolute Gasteiger partial charge is 0.206 e. The van der Waals surface area contributed by atoms with E-state index in [1.807, 2.05) is 18.2 Å². The number of sulfone groups is 1. The lowest BCUT2D eigenvalue weighted by Gasteiger charge is -2.07. The Labute approximate surface area is 114 Å². The lowest BCUT2D eigenvalue weighted by molar-refractivity contribution is 0.602. The summed E-state index contributed by atoms with van der Waals surface area (Å²) in [6.45, 7) is 0. The first kappa shape index (κ1) is 12.5. The minimum atomic E-state index is -2.88. The van der Waals surface area contributed by atoms with Gasteiger partial charge in [-0.1, -0.05) is 17.4 Å². The Morgan fingerprint density at radius 3 is 2.89 bits per heavy atom. The van der Waals surface area contributed by atoms with Crippen LogP contribution in [0.25, 0.3) is 10.7 Å². The van der Waals surface area contributed by atoms with Crippen LogP contribution in [-0.4, -0.2) is 41.1 Å². The van der Waals surface area contributed by atoms with E-state index in [2.05, 4.69) is 20.5 Å². The van der Waals surface area contributed by atoms with Crippen LogP contribution in [0.3, 0.4) is 0 Å². The molecule has 0 radical (unpaired) electrons. The van der Waals surface area contributed by atoms with Crippen LogP contribution in [0.2, 0.25) is 0 Å². The molecule has 1 aliphatic rings. The SMILES string of the molecule is O=S1(=O)CCC(Nc2nnc(-c3ccccn3)s2)C1. The highest BCUT2D eigenvalue weighted by Gasteiger charge is 2.28. The van der Waals surface area contributed by atoms with Crippen molar-refractivity contribution in [3.05, 3.63) is 24.4 Å². The largest absolute Gasteiger partial charge is 0.356 e. The molecule has 1 aliphatic heterocycles. The van der Waals surface area contributed by atoms with E-state index in [1.165, 1.54) is 11.3 Å². The van der Waals surface area contributed by atoms with Gasteiger partial charge in [0.05, 0.1) is 11.5 Å². The van der Waals surface area contributed by atoms with Crippen LogP contribution in [0.1, 0.15) is 6.42 Å². The summed E-state index contributed by atoms with van der Waals surface area (Å²) in [5, 5.41) is 12.6. The standard InChI is InChI=1S/C11H12N4O2S2/c16-19(17)6-4-8(7-19)13-11-15-14-10(18-11)9-3-1-2-5-12-9/h1-3,5,8H,4,6-7H2,(H,13,15). The van der Waals surface area contributed by atoms with Crippen molar-refractivity contribution >= 4 is 26.3 Å². The van der Waals surface area contributed by atoms with E-state index in [1.54, 1.807) is 6.20 Å². The molecule has 3 heterocycles. The van der Waals surface area contributed by atoms with E-state index in [0.29, 0.717) is 11.6 Å². The first-order valence-corrected chi connectivity index (χ1v) is 8.48. The van der Waals surface area contributed by atoms with Gasteiger partial charge in [-0.05, 0) is 18.6 Å². The molecule has 2 aromatic heterocycles. The van der Waals surface area contributed by atoms with Crippen molar-refractivity contribution in [2.24, 2.45) is 0 Å². The van der Waals surface area contributed by atoms with E-state index < -0.39 is 9.84 Å². The van der Waals surface area contributed by atoms with Gasteiger partial charge in [0.25, 0.3) is 0 Å². The van der Waals surface area contributed by atoms with Crippen LogP contribution >= 0.6 is 11.3 Å². The number of pyridine rings is 1. The van der Waals surface area contributed by atoms with Crippen LogP contribution in [0.4, 0.5) is 5.13 Å². The molecule has 0 bridgehead atoms. The number of nitrogens with zero attached hydrogens (tertiary/aromatic N) is 3.